The number of thiophene rings is 1. The largest absolute Gasteiger partial charge is 0.394 e. The first kappa shape index (κ1) is 11.3. The Balaban J connectivity index is 2.39. The van der Waals surface area contributed by atoms with Crippen LogP contribution in [0.25, 0.3) is 10.7 Å². The van der Waals surface area contributed by atoms with Gasteiger partial charge in [0.1, 0.15) is 5.82 Å². The lowest BCUT2D eigenvalue weighted by Gasteiger charge is -2.21. The number of nitrogens with two attached hydrogens (primary N) is 1. The summed E-state index contributed by atoms with van der Waals surface area (Å²) in [5.41, 5.74) is 5.86. The highest BCUT2D eigenvalue weighted by Gasteiger charge is 2.18. The van der Waals surface area contributed by atoms with Crippen molar-refractivity contribution in [3.05, 3.63) is 29.9 Å². The third-order valence-corrected chi connectivity index (χ3v) is 3.43. The fourth-order valence-corrected chi connectivity index (χ4v) is 2.41. The van der Waals surface area contributed by atoms with E-state index in [9.17, 15) is 5.11 Å². The maximum absolute atomic E-state index is 9.36. The van der Waals surface area contributed by atoms with Gasteiger partial charge >= 0.3 is 0 Å². The molecule has 2 aromatic rings. The SMILES string of the molecule is CC(N)C(CO)n1ccnc1-c1cccs1. The third-order valence-electron chi connectivity index (χ3n) is 2.56. The molecular weight excluding hydrogens is 222 g/mol. The Morgan fingerprint density at radius 2 is 2.44 bits per heavy atom. The van der Waals surface area contributed by atoms with Gasteiger partial charge in [-0.2, -0.15) is 0 Å². The Labute approximate surface area is 98.4 Å². The van der Waals surface area contributed by atoms with E-state index in [1.54, 1.807) is 17.5 Å². The van der Waals surface area contributed by atoms with Crippen molar-refractivity contribution in [1.29, 1.82) is 0 Å². The quantitative estimate of drug-likeness (QED) is 0.847. The molecule has 0 aromatic carbocycles. The van der Waals surface area contributed by atoms with Crippen molar-refractivity contribution in [1.82, 2.24) is 9.55 Å². The van der Waals surface area contributed by atoms with E-state index in [0.717, 1.165) is 10.7 Å². The second-order valence-electron chi connectivity index (χ2n) is 3.74. The smallest absolute Gasteiger partial charge is 0.150 e. The molecule has 0 fully saturated rings. The summed E-state index contributed by atoms with van der Waals surface area (Å²) in [6.07, 6.45) is 3.60. The van der Waals surface area contributed by atoms with Crippen molar-refractivity contribution in [3.8, 4) is 10.7 Å². The average Bonchev–Trinajstić information content (AvgIpc) is 2.86. The normalized spacial score (nSPS) is 14.9. The van der Waals surface area contributed by atoms with E-state index in [1.807, 2.05) is 35.2 Å². The second-order valence-corrected chi connectivity index (χ2v) is 4.69. The molecular formula is C11H15N3OS. The van der Waals surface area contributed by atoms with Crippen molar-refractivity contribution in [2.24, 2.45) is 5.73 Å². The van der Waals surface area contributed by atoms with E-state index in [1.165, 1.54) is 0 Å². The van der Waals surface area contributed by atoms with Gasteiger partial charge in [-0.3, -0.25) is 0 Å². The molecule has 86 valence electrons. The van der Waals surface area contributed by atoms with Crippen LogP contribution in [0.15, 0.2) is 29.9 Å². The molecule has 2 aromatic heterocycles. The van der Waals surface area contributed by atoms with Gasteiger partial charge in [0.25, 0.3) is 0 Å². The number of hydrogen-bond acceptors (Lipinski definition) is 4. The maximum Gasteiger partial charge on any atom is 0.150 e. The minimum atomic E-state index is -0.125. The molecule has 0 aliphatic rings. The lowest BCUT2D eigenvalue weighted by atomic mass is 10.1. The Morgan fingerprint density at radius 1 is 1.62 bits per heavy atom. The summed E-state index contributed by atoms with van der Waals surface area (Å²) < 4.78 is 1.94. The van der Waals surface area contributed by atoms with Crippen LogP contribution in [0.5, 0.6) is 0 Å². The zero-order valence-corrected chi connectivity index (χ0v) is 9.89. The average molecular weight is 237 g/mol. The van der Waals surface area contributed by atoms with E-state index >= 15 is 0 Å². The highest BCUT2D eigenvalue weighted by Crippen LogP contribution is 2.26. The number of rotatable bonds is 4. The van der Waals surface area contributed by atoms with Crippen LogP contribution in [-0.4, -0.2) is 27.3 Å². The third kappa shape index (κ3) is 2.02. The number of nitrogens with zero attached hydrogens (tertiary/aromatic N) is 2. The maximum atomic E-state index is 9.36. The number of hydrogen-bond donors (Lipinski definition) is 2. The van der Waals surface area contributed by atoms with Crippen molar-refractivity contribution in [2.45, 2.75) is 19.0 Å². The van der Waals surface area contributed by atoms with Crippen LogP contribution in [0.1, 0.15) is 13.0 Å². The molecule has 0 radical (unpaired) electrons. The first-order valence-corrected chi connectivity index (χ1v) is 6.05. The Kier molecular flexibility index (Phi) is 3.38. The summed E-state index contributed by atoms with van der Waals surface area (Å²) in [6, 6.07) is 3.76. The number of aliphatic hydroxyl groups excluding tert-OH is 1. The number of aliphatic hydroxyl groups is 1. The summed E-state index contributed by atoms with van der Waals surface area (Å²) in [6.45, 7) is 1.91. The van der Waals surface area contributed by atoms with Gasteiger partial charge < -0.3 is 15.4 Å². The molecule has 3 N–H and O–H groups in total. The first-order chi connectivity index (χ1) is 7.74. The van der Waals surface area contributed by atoms with Gasteiger partial charge in [0.05, 0.1) is 17.5 Å². The molecule has 0 saturated heterocycles. The molecule has 0 amide bonds. The number of imidazole rings is 1. The zero-order chi connectivity index (χ0) is 11.5. The summed E-state index contributed by atoms with van der Waals surface area (Å²) in [5, 5.41) is 11.4. The Hall–Kier alpha value is -1.17. The van der Waals surface area contributed by atoms with Crippen molar-refractivity contribution in [3.63, 3.8) is 0 Å². The number of aromatic nitrogens is 2. The van der Waals surface area contributed by atoms with Crippen molar-refractivity contribution >= 4 is 11.3 Å². The molecule has 2 rings (SSSR count). The van der Waals surface area contributed by atoms with Crippen molar-refractivity contribution in [2.75, 3.05) is 6.61 Å². The van der Waals surface area contributed by atoms with E-state index in [4.69, 9.17) is 5.73 Å². The Bertz CT molecular complexity index is 436. The van der Waals surface area contributed by atoms with Gasteiger partial charge in [0.15, 0.2) is 0 Å². The van der Waals surface area contributed by atoms with Gasteiger partial charge in [-0.1, -0.05) is 6.07 Å². The summed E-state index contributed by atoms with van der Waals surface area (Å²) in [7, 11) is 0. The molecule has 5 heteroatoms. The van der Waals surface area contributed by atoms with Gasteiger partial charge in [0.2, 0.25) is 0 Å². The highest BCUT2D eigenvalue weighted by molar-refractivity contribution is 7.13. The topological polar surface area (TPSA) is 64.1 Å². The van der Waals surface area contributed by atoms with Crippen LogP contribution >= 0.6 is 11.3 Å². The fraction of sp³-hybridized carbons (Fsp3) is 0.364. The molecule has 2 heterocycles. The molecule has 0 aliphatic heterocycles. The summed E-state index contributed by atoms with van der Waals surface area (Å²) in [5.74, 6) is 0.867. The highest BCUT2D eigenvalue weighted by atomic mass is 32.1. The van der Waals surface area contributed by atoms with E-state index in [-0.39, 0.29) is 18.7 Å². The molecule has 0 spiro atoms. The van der Waals surface area contributed by atoms with Crippen LogP contribution in [0.2, 0.25) is 0 Å². The zero-order valence-electron chi connectivity index (χ0n) is 9.08. The standard InChI is InChI=1S/C11H15N3OS/c1-8(12)9(7-15)14-5-4-13-11(14)10-3-2-6-16-10/h2-6,8-9,15H,7,12H2,1H3. The summed E-state index contributed by atoms with van der Waals surface area (Å²) >= 11 is 1.63. The van der Waals surface area contributed by atoms with E-state index in [0.29, 0.717) is 0 Å². The monoisotopic (exact) mass is 237 g/mol. The van der Waals surface area contributed by atoms with Crippen LogP contribution in [0.3, 0.4) is 0 Å². The van der Waals surface area contributed by atoms with E-state index in [2.05, 4.69) is 4.98 Å². The minimum Gasteiger partial charge on any atom is -0.394 e. The minimum absolute atomic E-state index is 0.0202. The Morgan fingerprint density at radius 3 is 3.00 bits per heavy atom. The van der Waals surface area contributed by atoms with Crippen LogP contribution in [0, 0.1) is 0 Å². The first-order valence-electron chi connectivity index (χ1n) is 5.17. The van der Waals surface area contributed by atoms with Gasteiger partial charge in [0, 0.05) is 18.4 Å². The molecule has 16 heavy (non-hydrogen) atoms. The van der Waals surface area contributed by atoms with Gasteiger partial charge in [-0.15, -0.1) is 11.3 Å². The van der Waals surface area contributed by atoms with Crippen LogP contribution in [-0.2, 0) is 0 Å². The lowest BCUT2D eigenvalue weighted by Crippen LogP contribution is -2.32. The second kappa shape index (κ2) is 4.78. The van der Waals surface area contributed by atoms with E-state index < -0.39 is 0 Å². The van der Waals surface area contributed by atoms with Gasteiger partial charge in [-0.05, 0) is 18.4 Å². The molecule has 2 unspecified atom stereocenters. The fourth-order valence-electron chi connectivity index (χ4n) is 1.68. The summed E-state index contributed by atoms with van der Waals surface area (Å²) in [4.78, 5) is 5.40. The molecule has 2 atom stereocenters. The predicted octanol–water partition coefficient (Wildman–Crippen LogP) is 1.49. The van der Waals surface area contributed by atoms with Crippen LogP contribution < -0.4 is 5.73 Å². The predicted molar refractivity (Wildman–Crippen MR) is 65.3 cm³/mol. The molecule has 0 saturated carbocycles. The molecule has 0 aliphatic carbocycles. The van der Waals surface area contributed by atoms with Gasteiger partial charge in [-0.25, -0.2) is 4.98 Å². The molecule has 0 bridgehead atoms. The van der Waals surface area contributed by atoms with Crippen LogP contribution in [0.4, 0.5) is 0 Å². The molecule has 4 nitrogen and oxygen atoms in total. The lowest BCUT2D eigenvalue weighted by molar-refractivity contribution is 0.212. The van der Waals surface area contributed by atoms with Crippen molar-refractivity contribution < 1.29 is 5.11 Å².